The van der Waals surface area contributed by atoms with Crippen LogP contribution in [0.25, 0.3) is 0 Å². The van der Waals surface area contributed by atoms with E-state index in [0.717, 1.165) is 22.6 Å². The Morgan fingerprint density at radius 1 is 1.04 bits per heavy atom. The van der Waals surface area contributed by atoms with E-state index in [1.807, 2.05) is 48.5 Å². The first-order valence-corrected chi connectivity index (χ1v) is 7.78. The first kappa shape index (κ1) is 16.6. The van der Waals surface area contributed by atoms with Gasteiger partial charge in [0.2, 0.25) is 0 Å². The number of carbonyl (C=O) groups excluding carboxylic acids is 1. The molecule has 3 rings (SSSR count). The Bertz CT molecular complexity index is 799. The molecule has 0 spiro atoms. The molecule has 0 saturated carbocycles. The molecule has 6 heteroatoms. The Balaban J connectivity index is 1.99. The maximum absolute atomic E-state index is 12.5. The maximum Gasteiger partial charge on any atom is 0.270 e. The number of carbonyl (C=O) groups is 1. The van der Waals surface area contributed by atoms with E-state index in [1.54, 1.807) is 14.2 Å². The van der Waals surface area contributed by atoms with Crippen LogP contribution in [0.15, 0.2) is 61.1 Å². The van der Waals surface area contributed by atoms with Gasteiger partial charge in [-0.25, -0.2) is 4.98 Å². The van der Waals surface area contributed by atoms with Crippen molar-refractivity contribution >= 4 is 5.91 Å². The van der Waals surface area contributed by atoms with Crippen LogP contribution in [-0.4, -0.2) is 30.1 Å². The molecule has 25 heavy (non-hydrogen) atoms. The molecule has 6 nitrogen and oxygen atoms in total. The highest BCUT2D eigenvalue weighted by atomic mass is 16.5. The van der Waals surface area contributed by atoms with Gasteiger partial charge in [-0.1, -0.05) is 24.3 Å². The Hall–Kier alpha value is -3.28. The Labute approximate surface area is 145 Å². The molecule has 0 aliphatic carbocycles. The molecular formula is C19H19N3O3. The lowest BCUT2D eigenvalue weighted by Crippen LogP contribution is -2.29. The monoisotopic (exact) mass is 337 g/mol. The van der Waals surface area contributed by atoms with Crippen LogP contribution in [0.2, 0.25) is 0 Å². The topological polar surface area (TPSA) is 76.2 Å². The van der Waals surface area contributed by atoms with E-state index in [9.17, 15) is 4.79 Å². The number of rotatable bonds is 6. The van der Waals surface area contributed by atoms with Gasteiger partial charge in [0, 0.05) is 0 Å². The first-order valence-electron chi connectivity index (χ1n) is 7.78. The summed E-state index contributed by atoms with van der Waals surface area (Å²) in [5.74, 6) is 1.20. The molecule has 0 fully saturated rings. The van der Waals surface area contributed by atoms with Gasteiger partial charge in [0.15, 0.2) is 0 Å². The van der Waals surface area contributed by atoms with Crippen molar-refractivity contribution in [1.82, 2.24) is 15.3 Å². The Morgan fingerprint density at radius 2 is 1.64 bits per heavy atom. The Morgan fingerprint density at radius 3 is 2.12 bits per heavy atom. The molecule has 0 bridgehead atoms. The smallest absolute Gasteiger partial charge is 0.270 e. The fraction of sp³-hybridized carbons (Fsp3) is 0.158. The van der Waals surface area contributed by atoms with E-state index in [4.69, 9.17) is 9.47 Å². The van der Waals surface area contributed by atoms with Crippen LogP contribution in [0.3, 0.4) is 0 Å². The van der Waals surface area contributed by atoms with Crippen LogP contribution in [0.4, 0.5) is 0 Å². The van der Waals surface area contributed by atoms with Crippen LogP contribution in [0, 0.1) is 0 Å². The normalized spacial score (nSPS) is 10.5. The molecule has 1 aromatic heterocycles. The Kier molecular flexibility index (Phi) is 4.99. The number of hydrogen-bond donors (Lipinski definition) is 2. The second-order valence-electron chi connectivity index (χ2n) is 5.42. The van der Waals surface area contributed by atoms with E-state index in [2.05, 4.69) is 15.3 Å². The summed E-state index contributed by atoms with van der Waals surface area (Å²) in [6.07, 6.45) is 2.96. The molecule has 0 radical (unpaired) electrons. The van der Waals surface area contributed by atoms with Gasteiger partial charge < -0.3 is 19.8 Å². The molecule has 2 aromatic carbocycles. The molecule has 1 heterocycles. The zero-order valence-electron chi connectivity index (χ0n) is 14.0. The van der Waals surface area contributed by atoms with Crippen LogP contribution in [0.5, 0.6) is 11.5 Å². The highest BCUT2D eigenvalue weighted by Gasteiger charge is 2.19. The average Bonchev–Trinajstić information content (AvgIpc) is 3.21. The third-order valence-corrected chi connectivity index (χ3v) is 3.87. The summed E-state index contributed by atoms with van der Waals surface area (Å²) in [6.45, 7) is 0. The van der Waals surface area contributed by atoms with Crippen LogP contribution in [0.1, 0.15) is 27.7 Å². The van der Waals surface area contributed by atoms with Gasteiger partial charge in [-0.3, -0.25) is 4.79 Å². The summed E-state index contributed by atoms with van der Waals surface area (Å²) < 4.78 is 10.6. The van der Waals surface area contributed by atoms with Crippen molar-refractivity contribution < 1.29 is 14.3 Å². The number of hydrogen-bond acceptors (Lipinski definition) is 4. The number of H-pyrrole nitrogens is 1. The molecule has 0 aliphatic heterocycles. The van der Waals surface area contributed by atoms with Crippen molar-refractivity contribution in [1.29, 1.82) is 0 Å². The molecule has 0 atom stereocenters. The molecule has 0 saturated heterocycles. The number of methoxy groups -OCH3 is 2. The minimum absolute atomic E-state index is 0.242. The van der Waals surface area contributed by atoms with Crippen molar-refractivity contribution in [3.05, 3.63) is 77.9 Å². The second kappa shape index (κ2) is 7.53. The van der Waals surface area contributed by atoms with Crippen molar-refractivity contribution in [3.63, 3.8) is 0 Å². The molecule has 1 amide bonds. The van der Waals surface area contributed by atoms with Gasteiger partial charge >= 0.3 is 0 Å². The first-order chi connectivity index (χ1) is 12.2. The quantitative estimate of drug-likeness (QED) is 0.725. The van der Waals surface area contributed by atoms with Crippen LogP contribution >= 0.6 is 0 Å². The van der Waals surface area contributed by atoms with Gasteiger partial charge in [0.05, 0.1) is 32.8 Å². The van der Waals surface area contributed by atoms with Crippen LogP contribution in [-0.2, 0) is 0 Å². The predicted octanol–water partition coefficient (Wildman–Crippen LogP) is 2.95. The van der Waals surface area contributed by atoms with Crippen molar-refractivity contribution in [3.8, 4) is 11.5 Å². The second-order valence-corrected chi connectivity index (χ2v) is 5.42. The lowest BCUT2D eigenvalue weighted by Gasteiger charge is -2.20. The number of aromatic nitrogens is 2. The average molecular weight is 337 g/mol. The number of amides is 1. The van der Waals surface area contributed by atoms with E-state index >= 15 is 0 Å². The molecule has 2 N–H and O–H groups in total. The summed E-state index contributed by atoms with van der Waals surface area (Å²) in [4.78, 5) is 19.2. The van der Waals surface area contributed by atoms with Gasteiger partial charge in [-0.05, 0) is 35.4 Å². The molecule has 0 aliphatic rings. The highest BCUT2D eigenvalue weighted by Crippen LogP contribution is 2.27. The number of nitrogens with one attached hydrogen (secondary N) is 2. The fourth-order valence-corrected chi connectivity index (χ4v) is 2.59. The third kappa shape index (κ3) is 3.80. The number of benzene rings is 2. The predicted molar refractivity (Wildman–Crippen MR) is 93.9 cm³/mol. The zero-order chi connectivity index (χ0) is 17.6. The minimum atomic E-state index is -0.360. The van der Waals surface area contributed by atoms with Crippen molar-refractivity contribution in [2.75, 3.05) is 14.2 Å². The van der Waals surface area contributed by atoms with Crippen molar-refractivity contribution in [2.24, 2.45) is 0 Å². The number of ether oxygens (including phenoxy) is 2. The lowest BCUT2D eigenvalue weighted by atomic mass is 9.98. The maximum atomic E-state index is 12.5. The third-order valence-electron chi connectivity index (χ3n) is 3.87. The molecule has 128 valence electrons. The van der Waals surface area contributed by atoms with E-state index in [0.29, 0.717) is 5.69 Å². The summed E-state index contributed by atoms with van der Waals surface area (Å²) in [7, 11) is 3.23. The highest BCUT2D eigenvalue weighted by molar-refractivity contribution is 5.92. The zero-order valence-corrected chi connectivity index (χ0v) is 14.0. The van der Waals surface area contributed by atoms with Gasteiger partial charge in [0.1, 0.15) is 17.2 Å². The number of imidazole rings is 1. The summed E-state index contributed by atoms with van der Waals surface area (Å²) in [5.41, 5.74) is 2.21. The SMILES string of the molecule is COc1cccc(C(NC(=O)c2cnc[nH]2)c2cccc(OC)c2)c1. The largest absolute Gasteiger partial charge is 0.497 e. The summed E-state index contributed by atoms with van der Waals surface area (Å²) in [5, 5.41) is 3.03. The summed E-state index contributed by atoms with van der Waals surface area (Å²) in [6, 6.07) is 14.8. The summed E-state index contributed by atoms with van der Waals surface area (Å²) >= 11 is 0. The molecule has 3 aromatic rings. The number of aromatic amines is 1. The van der Waals surface area contributed by atoms with Gasteiger partial charge in [-0.2, -0.15) is 0 Å². The van der Waals surface area contributed by atoms with E-state index < -0.39 is 0 Å². The standard InChI is InChI=1S/C19H19N3O3/c1-24-15-7-3-5-13(9-15)18(14-6-4-8-16(10-14)25-2)22-19(23)17-11-20-12-21-17/h3-12,18H,1-2H3,(H,20,21)(H,22,23). The van der Waals surface area contributed by atoms with E-state index in [-0.39, 0.29) is 11.9 Å². The van der Waals surface area contributed by atoms with Crippen LogP contribution < -0.4 is 14.8 Å². The van der Waals surface area contributed by atoms with E-state index in [1.165, 1.54) is 12.5 Å². The van der Waals surface area contributed by atoms with Gasteiger partial charge in [0.25, 0.3) is 5.91 Å². The number of nitrogens with zero attached hydrogens (tertiary/aromatic N) is 1. The van der Waals surface area contributed by atoms with Crippen molar-refractivity contribution in [2.45, 2.75) is 6.04 Å². The fourth-order valence-electron chi connectivity index (χ4n) is 2.59. The minimum Gasteiger partial charge on any atom is -0.497 e. The molecular weight excluding hydrogens is 318 g/mol. The molecule has 0 unspecified atom stereocenters. The lowest BCUT2D eigenvalue weighted by molar-refractivity contribution is 0.0938. The van der Waals surface area contributed by atoms with Gasteiger partial charge in [-0.15, -0.1) is 0 Å².